The molecule has 0 aliphatic heterocycles. The smallest absolute Gasteiger partial charge is 0.265 e. The first-order chi connectivity index (χ1) is 11.2. The second-order valence-corrected chi connectivity index (χ2v) is 7.27. The summed E-state index contributed by atoms with van der Waals surface area (Å²) in [5.74, 6) is 0.551. The Morgan fingerprint density at radius 3 is 2.25 bits per heavy atom. The van der Waals surface area contributed by atoms with Gasteiger partial charge < -0.3 is 10.1 Å². The number of aryl methyl sites for hydroxylation is 1. The molecule has 0 radical (unpaired) electrons. The molecule has 2 aromatic rings. The molecule has 3 nitrogen and oxygen atoms in total. The molecule has 1 unspecified atom stereocenters. The third kappa shape index (κ3) is 4.38. The molecule has 1 N–H and O–H groups in total. The molecule has 0 saturated heterocycles. The third-order valence-corrected chi connectivity index (χ3v) is 4.26. The molecule has 0 aliphatic carbocycles. The minimum atomic E-state index is -0.564. The van der Waals surface area contributed by atoms with Gasteiger partial charge in [0.15, 0.2) is 6.10 Å². The van der Waals surface area contributed by atoms with Gasteiger partial charge in [0.05, 0.1) is 0 Å². The topological polar surface area (TPSA) is 38.3 Å². The number of ether oxygens (including phenoxy) is 1. The van der Waals surface area contributed by atoms with Crippen molar-refractivity contribution >= 4 is 11.6 Å². The molecule has 0 saturated carbocycles. The van der Waals surface area contributed by atoms with E-state index in [1.807, 2.05) is 56.3 Å². The zero-order valence-corrected chi connectivity index (χ0v) is 15.4. The van der Waals surface area contributed by atoms with Crippen molar-refractivity contribution in [3.63, 3.8) is 0 Å². The predicted octanol–water partition coefficient (Wildman–Crippen LogP) is 5.01. The summed E-state index contributed by atoms with van der Waals surface area (Å²) >= 11 is 0. The minimum absolute atomic E-state index is 0.101. The van der Waals surface area contributed by atoms with Crippen molar-refractivity contribution < 1.29 is 9.53 Å². The summed E-state index contributed by atoms with van der Waals surface area (Å²) in [6.45, 7) is 12.3. The Labute approximate surface area is 145 Å². The fourth-order valence-electron chi connectivity index (χ4n) is 2.41. The van der Waals surface area contributed by atoms with Gasteiger partial charge in [-0.1, -0.05) is 45.0 Å². The Kier molecular flexibility index (Phi) is 5.33. The fraction of sp³-hybridized carbons (Fsp3) is 0.381. The van der Waals surface area contributed by atoms with E-state index in [1.165, 1.54) is 5.56 Å². The summed E-state index contributed by atoms with van der Waals surface area (Å²) in [4.78, 5) is 12.4. The quantitative estimate of drug-likeness (QED) is 0.858. The summed E-state index contributed by atoms with van der Waals surface area (Å²) in [6, 6.07) is 13.8. The Morgan fingerprint density at radius 2 is 1.67 bits per heavy atom. The number of nitrogens with one attached hydrogen (secondary N) is 1. The molecule has 24 heavy (non-hydrogen) atoms. The summed E-state index contributed by atoms with van der Waals surface area (Å²) in [6.07, 6.45) is -0.564. The third-order valence-electron chi connectivity index (χ3n) is 4.26. The molecule has 2 aromatic carbocycles. The van der Waals surface area contributed by atoms with Crippen LogP contribution in [-0.4, -0.2) is 12.0 Å². The van der Waals surface area contributed by atoms with Gasteiger partial charge in [-0.3, -0.25) is 4.79 Å². The maximum absolute atomic E-state index is 12.4. The van der Waals surface area contributed by atoms with Crippen LogP contribution in [0.3, 0.4) is 0 Å². The van der Waals surface area contributed by atoms with Gasteiger partial charge in [-0.15, -0.1) is 0 Å². The van der Waals surface area contributed by atoms with Gasteiger partial charge in [-0.25, -0.2) is 0 Å². The largest absolute Gasteiger partial charge is 0.481 e. The van der Waals surface area contributed by atoms with Crippen LogP contribution >= 0.6 is 0 Å². The number of rotatable bonds is 4. The molecule has 0 spiro atoms. The molecular formula is C21H27NO2. The number of hydrogen-bond donors (Lipinski definition) is 1. The molecule has 0 aliphatic rings. The van der Waals surface area contributed by atoms with Crippen LogP contribution < -0.4 is 10.1 Å². The average Bonchev–Trinajstić information content (AvgIpc) is 2.51. The average molecular weight is 325 g/mol. The van der Waals surface area contributed by atoms with E-state index in [4.69, 9.17) is 4.74 Å². The lowest BCUT2D eigenvalue weighted by atomic mass is 9.87. The Hall–Kier alpha value is -2.29. The van der Waals surface area contributed by atoms with Crippen molar-refractivity contribution in [3.8, 4) is 5.75 Å². The van der Waals surface area contributed by atoms with Crippen LogP contribution in [0.5, 0.6) is 5.75 Å². The van der Waals surface area contributed by atoms with Gasteiger partial charge in [-0.2, -0.15) is 0 Å². The lowest BCUT2D eigenvalue weighted by Crippen LogP contribution is -2.30. The van der Waals surface area contributed by atoms with Crippen LogP contribution in [0.2, 0.25) is 0 Å². The van der Waals surface area contributed by atoms with E-state index in [-0.39, 0.29) is 11.3 Å². The molecule has 1 atom stereocenters. The van der Waals surface area contributed by atoms with E-state index in [9.17, 15) is 4.79 Å². The fourth-order valence-corrected chi connectivity index (χ4v) is 2.41. The zero-order valence-electron chi connectivity index (χ0n) is 15.4. The summed E-state index contributed by atoms with van der Waals surface area (Å²) in [5, 5.41) is 2.94. The van der Waals surface area contributed by atoms with Gasteiger partial charge in [0, 0.05) is 5.69 Å². The van der Waals surface area contributed by atoms with Crippen LogP contribution in [0, 0.1) is 13.8 Å². The van der Waals surface area contributed by atoms with E-state index in [1.54, 1.807) is 6.92 Å². The second kappa shape index (κ2) is 7.08. The van der Waals surface area contributed by atoms with Gasteiger partial charge >= 0.3 is 0 Å². The SMILES string of the molecule is Cc1cccc(NC(=O)C(C)Oc2ccc(C(C)(C)C)cc2)c1C. The predicted molar refractivity (Wildman–Crippen MR) is 99.8 cm³/mol. The van der Waals surface area contributed by atoms with Gasteiger partial charge in [0.25, 0.3) is 5.91 Å². The number of carbonyl (C=O) groups excluding carboxylic acids is 1. The van der Waals surface area contributed by atoms with Crippen LogP contribution in [0.4, 0.5) is 5.69 Å². The molecule has 128 valence electrons. The van der Waals surface area contributed by atoms with E-state index in [2.05, 4.69) is 26.1 Å². The van der Waals surface area contributed by atoms with Crippen LogP contribution in [0.1, 0.15) is 44.4 Å². The Morgan fingerprint density at radius 1 is 1.04 bits per heavy atom. The molecule has 0 fully saturated rings. The van der Waals surface area contributed by atoms with Crippen molar-refractivity contribution in [2.75, 3.05) is 5.32 Å². The van der Waals surface area contributed by atoms with E-state index in [0.29, 0.717) is 5.75 Å². The number of hydrogen-bond acceptors (Lipinski definition) is 2. The molecule has 0 bridgehead atoms. The summed E-state index contributed by atoms with van der Waals surface area (Å²) in [5.41, 5.74) is 4.40. The highest BCUT2D eigenvalue weighted by Gasteiger charge is 2.17. The van der Waals surface area contributed by atoms with Gasteiger partial charge in [-0.05, 0) is 61.1 Å². The number of anilines is 1. The van der Waals surface area contributed by atoms with Crippen LogP contribution in [-0.2, 0) is 10.2 Å². The van der Waals surface area contributed by atoms with Crippen molar-refractivity contribution in [2.45, 2.75) is 53.1 Å². The van der Waals surface area contributed by atoms with Crippen molar-refractivity contribution in [1.29, 1.82) is 0 Å². The highest BCUT2D eigenvalue weighted by atomic mass is 16.5. The number of benzene rings is 2. The van der Waals surface area contributed by atoms with Gasteiger partial charge in [0.1, 0.15) is 5.75 Å². The zero-order chi connectivity index (χ0) is 17.9. The molecule has 0 aromatic heterocycles. The van der Waals surface area contributed by atoms with Crippen molar-refractivity contribution in [2.24, 2.45) is 0 Å². The Balaban J connectivity index is 2.02. The van der Waals surface area contributed by atoms with Crippen molar-refractivity contribution in [1.82, 2.24) is 0 Å². The lowest BCUT2D eigenvalue weighted by Gasteiger charge is -2.20. The molecule has 2 rings (SSSR count). The maximum Gasteiger partial charge on any atom is 0.265 e. The van der Waals surface area contributed by atoms with E-state index >= 15 is 0 Å². The molecule has 0 heterocycles. The lowest BCUT2D eigenvalue weighted by molar-refractivity contribution is -0.122. The van der Waals surface area contributed by atoms with E-state index in [0.717, 1.165) is 16.8 Å². The van der Waals surface area contributed by atoms with Crippen molar-refractivity contribution in [3.05, 3.63) is 59.2 Å². The van der Waals surface area contributed by atoms with E-state index < -0.39 is 6.10 Å². The highest BCUT2D eigenvalue weighted by Crippen LogP contribution is 2.25. The minimum Gasteiger partial charge on any atom is -0.481 e. The van der Waals surface area contributed by atoms with Crippen LogP contribution in [0.25, 0.3) is 0 Å². The standard InChI is InChI=1S/C21H27NO2/c1-14-8-7-9-19(15(14)2)22-20(23)16(3)24-18-12-10-17(11-13-18)21(4,5)6/h7-13,16H,1-6H3,(H,22,23). The molecule has 3 heteroatoms. The van der Waals surface area contributed by atoms with Crippen LogP contribution in [0.15, 0.2) is 42.5 Å². The monoisotopic (exact) mass is 325 g/mol. The van der Waals surface area contributed by atoms with Gasteiger partial charge in [0.2, 0.25) is 0 Å². The molecular weight excluding hydrogens is 298 g/mol. The first-order valence-electron chi connectivity index (χ1n) is 8.33. The first-order valence-corrected chi connectivity index (χ1v) is 8.33. The number of carbonyl (C=O) groups is 1. The maximum atomic E-state index is 12.4. The summed E-state index contributed by atoms with van der Waals surface area (Å²) < 4.78 is 5.77. The number of amides is 1. The highest BCUT2D eigenvalue weighted by molar-refractivity contribution is 5.94. The Bertz CT molecular complexity index is 712. The summed E-state index contributed by atoms with van der Waals surface area (Å²) in [7, 11) is 0. The normalized spacial score (nSPS) is 12.6. The second-order valence-electron chi connectivity index (χ2n) is 7.27. The molecule has 1 amide bonds. The first kappa shape index (κ1) is 18.1.